The minimum absolute atomic E-state index is 0.0291. The van der Waals surface area contributed by atoms with Crippen LogP contribution < -0.4 is 0 Å². The summed E-state index contributed by atoms with van der Waals surface area (Å²) in [5.74, 6) is -0.579. The van der Waals surface area contributed by atoms with Crippen LogP contribution >= 0.6 is 0 Å². The number of ether oxygens (including phenoxy) is 1. The van der Waals surface area contributed by atoms with Crippen LogP contribution in [0, 0.1) is 0 Å². The number of hydrogen-bond donors (Lipinski definition) is 0. The standard InChI is InChI=1S/C16H17NO3/c1-3-17(11-15(18)20-2)16(19)14-9-8-12-6-4-5-7-13(12)10-14/h4-10H,3,11H2,1-2H3. The molecule has 0 saturated carbocycles. The van der Waals surface area contributed by atoms with E-state index in [9.17, 15) is 9.59 Å². The van der Waals surface area contributed by atoms with Crippen LogP contribution in [0.1, 0.15) is 17.3 Å². The van der Waals surface area contributed by atoms with Crippen LogP contribution in [0.4, 0.5) is 0 Å². The van der Waals surface area contributed by atoms with Crippen LogP contribution in [0.5, 0.6) is 0 Å². The van der Waals surface area contributed by atoms with Gasteiger partial charge in [-0.1, -0.05) is 30.3 Å². The molecule has 0 fully saturated rings. The van der Waals surface area contributed by atoms with Crippen molar-refractivity contribution in [1.82, 2.24) is 4.90 Å². The van der Waals surface area contributed by atoms with Gasteiger partial charge in [0.2, 0.25) is 0 Å². The number of likely N-dealkylation sites (N-methyl/N-ethyl adjacent to an activating group) is 1. The van der Waals surface area contributed by atoms with Crippen molar-refractivity contribution >= 4 is 22.6 Å². The zero-order valence-electron chi connectivity index (χ0n) is 11.6. The fourth-order valence-electron chi connectivity index (χ4n) is 2.05. The average Bonchev–Trinajstić information content (AvgIpc) is 2.51. The number of esters is 1. The van der Waals surface area contributed by atoms with Crippen molar-refractivity contribution in [1.29, 1.82) is 0 Å². The van der Waals surface area contributed by atoms with E-state index in [4.69, 9.17) is 0 Å². The van der Waals surface area contributed by atoms with Gasteiger partial charge in [0, 0.05) is 12.1 Å². The topological polar surface area (TPSA) is 46.6 Å². The van der Waals surface area contributed by atoms with E-state index < -0.39 is 5.97 Å². The van der Waals surface area contributed by atoms with Crippen molar-refractivity contribution in [3.05, 3.63) is 48.0 Å². The monoisotopic (exact) mass is 271 g/mol. The number of hydrogen-bond acceptors (Lipinski definition) is 3. The van der Waals surface area contributed by atoms with Crippen molar-refractivity contribution in [2.75, 3.05) is 20.2 Å². The molecule has 0 heterocycles. The molecule has 104 valence electrons. The highest BCUT2D eigenvalue weighted by molar-refractivity contribution is 5.99. The van der Waals surface area contributed by atoms with E-state index >= 15 is 0 Å². The maximum absolute atomic E-state index is 12.4. The number of carbonyl (C=O) groups excluding carboxylic acids is 2. The van der Waals surface area contributed by atoms with E-state index in [0.717, 1.165) is 10.8 Å². The van der Waals surface area contributed by atoms with Gasteiger partial charge in [0.05, 0.1) is 7.11 Å². The highest BCUT2D eigenvalue weighted by atomic mass is 16.5. The van der Waals surface area contributed by atoms with E-state index in [0.29, 0.717) is 12.1 Å². The normalized spacial score (nSPS) is 10.3. The SMILES string of the molecule is CCN(CC(=O)OC)C(=O)c1ccc2ccccc2c1. The first kappa shape index (κ1) is 14.1. The molecule has 2 aromatic carbocycles. The Kier molecular flexibility index (Phi) is 4.35. The fourth-order valence-corrected chi connectivity index (χ4v) is 2.05. The molecule has 0 aliphatic carbocycles. The molecule has 0 aromatic heterocycles. The Morgan fingerprint density at radius 3 is 2.45 bits per heavy atom. The Bertz CT molecular complexity index is 636. The summed E-state index contributed by atoms with van der Waals surface area (Å²) in [6, 6.07) is 13.4. The zero-order chi connectivity index (χ0) is 14.5. The molecule has 0 aliphatic heterocycles. The summed E-state index contributed by atoms with van der Waals surface area (Å²) in [6.07, 6.45) is 0. The Labute approximate surface area is 117 Å². The third kappa shape index (κ3) is 2.96. The molecule has 0 saturated heterocycles. The number of amides is 1. The first-order valence-corrected chi connectivity index (χ1v) is 6.50. The van der Waals surface area contributed by atoms with Gasteiger partial charge in [-0.3, -0.25) is 9.59 Å². The minimum atomic E-state index is -0.416. The lowest BCUT2D eigenvalue weighted by Gasteiger charge is -2.19. The summed E-state index contributed by atoms with van der Waals surface area (Å²) in [7, 11) is 1.32. The second kappa shape index (κ2) is 6.19. The summed E-state index contributed by atoms with van der Waals surface area (Å²) in [5, 5.41) is 2.09. The molecule has 2 aromatic rings. The third-order valence-corrected chi connectivity index (χ3v) is 3.21. The Morgan fingerprint density at radius 2 is 1.80 bits per heavy atom. The van der Waals surface area contributed by atoms with E-state index in [1.807, 2.05) is 43.3 Å². The predicted octanol–water partition coefficient (Wildman–Crippen LogP) is 2.47. The van der Waals surface area contributed by atoms with Crippen molar-refractivity contribution in [3.8, 4) is 0 Å². The number of carbonyl (C=O) groups is 2. The molecule has 4 heteroatoms. The second-order valence-corrected chi connectivity index (χ2v) is 4.46. The van der Waals surface area contributed by atoms with Crippen molar-refractivity contribution < 1.29 is 14.3 Å². The molecule has 20 heavy (non-hydrogen) atoms. The lowest BCUT2D eigenvalue weighted by atomic mass is 10.1. The summed E-state index contributed by atoms with van der Waals surface area (Å²) in [5.41, 5.74) is 0.578. The molecule has 1 amide bonds. The first-order valence-electron chi connectivity index (χ1n) is 6.50. The molecule has 0 bridgehead atoms. The van der Waals surface area contributed by atoms with Crippen LogP contribution in [0.15, 0.2) is 42.5 Å². The zero-order valence-corrected chi connectivity index (χ0v) is 11.6. The number of nitrogens with zero attached hydrogens (tertiary/aromatic N) is 1. The van der Waals surface area contributed by atoms with Crippen LogP contribution in [0.3, 0.4) is 0 Å². The molecular weight excluding hydrogens is 254 g/mol. The van der Waals surface area contributed by atoms with Gasteiger partial charge in [0.15, 0.2) is 0 Å². The van der Waals surface area contributed by atoms with Gasteiger partial charge in [-0.25, -0.2) is 0 Å². The summed E-state index contributed by atoms with van der Waals surface area (Å²) in [4.78, 5) is 25.2. The molecular formula is C16H17NO3. The van der Waals surface area contributed by atoms with Crippen LogP contribution in [-0.2, 0) is 9.53 Å². The predicted molar refractivity (Wildman–Crippen MR) is 77.5 cm³/mol. The van der Waals surface area contributed by atoms with Crippen LogP contribution in [0.25, 0.3) is 10.8 Å². The quantitative estimate of drug-likeness (QED) is 0.803. The van der Waals surface area contributed by atoms with Gasteiger partial charge in [0.1, 0.15) is 6.54 Å². The smallest absolute Gasteiger partial charge is 0.325 e. The highest BCUT2D eigenvalue weighted by Gasteiger charge is 2.17. The van der Waals surface area contributed by atoms with Crippen LogP contribution in [-0.4, -0.2) is 37.0 Å². The molecule has 0 radical (unpaired) electrons. The molecule has 2 rings (SSSR count). The van der Waals surface area contributed by atoms with Crippen molar-refractivity contribution in [2.24, 2.45) is 0 Å². The Morgan fingerprint density at radius 1 is 1.10 bits per heavy atom. The third-order valence-electron chi connectivity index (χ3n) is 3.21. The van der Waals surface area contributed by atoms with Crippen molar-refractivity contribution in [2.45, 2.75) is 6.92 Å². The van der Waals surface area contributed by atoms with Crippen molar-refractivity contribution in [3.63, 3.8) is 0 Å². The maximum atomic E-state index is 12.4. The molecule has 0 atom stereocenters. The molecule has 4 nitrogen and oxygen atoms in total. The Hall–Kier alpha value is -2.36. The van der Waals surface area contributed by atoms with E-state index in [2.05, 4.69) is 4.74 Å². The van der Waals surface area contributed by atoms with Gasteiger partial charge >= 0.3 is 5.97 Å². The van der Waals surface area contributed by atoms with E-state index in [1.165, 1.54) is 12.0 Å². The van der Waals surface area contributed by atoms with Crippen LogP contribution in [0.2, 0.25) is 0 Å². The van der Waals surface area contributed by atoms with Gasteiger partial charge in [-0.2, -0.15) is 0 Å². The highest BCUT2D eigenvalue weighted by Crippen LogP contribution is 2.16. The van der Waals surface area contributed by atoms with E-state index in [1.54, 1.807) is 6.07 Å². The lowest BCUT2D eigenvalue weighted by Crippen LogP contribution is -2.36. The second-order valence-electron chi connectivity index (χ2n) is 4.46. The van der Waals surface area contributed by atoms with E-state index in [-0.39, 0.29) is 12.5 Å². The van der Waals surface area contributed by atoms with Gasteiger partial charge < -0.3 is 9.64 Å². The summed E-state index contributed by atoms with van der Waals surface area (Å²) in [6.45, 7) is 2.27. The summed E-state index contributed by atoms with van der Waals surface area (Å²) < 4.78 is 4.61. The van der Waals surface area contributed by atoms with Gasteiger partial charge in [-0.15, -0.1) is 0 Å². The largest absolute Gasteiger partial charge is 0.468 e. The Balaban J connectivity index is 2.27. The fraction of sp³-hybridized carbons (Fsp3) is 0.250. The lowest BCUT2D eigenvalue weighted by molar-refractivity contribution is -0.141. The molecule has 0 spiro atoms. The number of rotatable bonds is 4. The maximum Gasteiger partial charge on any atom is 0.325 e. The molecule has 0 unspecified atom stereocenters. The average molecular weight is 271 g/mol. The number of methoxy groups -OCH3 is 1. The minimum Gasteiger partial charge on any atom is -0.468 e. The molecule has 0 N–H and O–H groups in total. The van der Waals surface area contributed by atoms with Gasteiger partial charge in [-0.05, 0) is 29.8 Å². The molecule has 0 aliphatic rings. The number of benzene rings is 2. The van der Waals surface area contributed by atoms with Gasteiger partial charge in [0.25, 0.3) is 5.91 Å². The summed E-state index contributed by atoms with van der Waals surface area (Å²) >= 11 is 0. The first-order chi connectivity index (χ1) is 9.65. The number of fused-ring (bicyclic) bond motifs is 1.